The van der Waals surface area contributed by atoms with Crippen LogP contribution in [0.1, 0.15) is 17.0 Å². The molecule has 4 rings (SSSR count). The third-order valence-electron chi connectivity index (χ3n) is 3.97. The average molecular weight is 387 g/mol. The molecule has 0 bridgehead atoms. The Morgan fingerprint density at radius 1 is 1.04 bits per heavy atom. The Bertz CT molecular complexity index is 1240. The fourth-order valence-electron chi connectivity index (χ4n) is 2.62. The molecule has 5 nitrogen and oxygen atoms in total. The van der Waals surface area contributed by atoms with Crippen molar-refractivity contribution in [1.82, 2.24) is 14.6 Å². The van der Waals surface area contributed by atoms with Crippen molar-refractivity contribution in [2.75, 3.05) is 6.61 Å². The van der Waals surface area contributed by atoms with E-state index in [-0.39, 0.29) is 5.56 Å². The first-order chi connectivity index (χ1) is 13.7. The fraction of sp³-hybridized carbons (Fsp3) is 0.0455. The molecule has 4 aromatic rings. The summed E-state index contributed by atoms with van der Waals surface area (Å²) in [7, 11) is 0. The van der Waals surface area contributed by atoms with Gasteiger partial charge in [0.05, 0.1) is 4.53 Å². The minimum atomic E-state index is -0.168. The molecule has 6 heteroatoms. The van der Waals surface area contributed by atoms with Crippen LogP contribution in [0.5, 0.6) is 5.75 Å². The van der Waals surface area contributed by atoms with Gasteiger partial charge in [0.1, 0.15) is 12.4 Å². The van der Waals surface area contributed by atoms with Gasteiger partial charge in [0.25, 0.3) is 5.56 Å². The zero-order chi connectivity index (χ0) is 19.3. The minimum Gasteiger partial charge on any atom is -0.490 e. The lowest BCUT2D eigenvalue weighted by Gasteiger charge is -2.02. The first-order valence-corrected chi connectivity index (χ1v) is 9.53. The number of rotatable bonds is 6. The molecular weight excluding hydrogens is 370 g/mol. The molecule has 0 spiro atoms. The van der Waals surface area contributed by atoms with E-state index in [0.717, 1.165) is 16.9 Å². The van der Waals surface area contributed by atoms with Crippen molar-refractivity contribution in [1.29, 1.82) is 0 Å². The number of thiazole rings is 1. The molecule has 0 aliphatic carbocycles. The number of fused-ring (bicyclic) bond motifs is 1. The van der Waals surface area contributed by atoms with Crippen LogP contribution in [-0.4, -0.2) is 21.2 Å². The molecule has 0 fully saturated rings. The van der Waals surface area contributed by atoms with Gasteiger partial charge in [0, 0.05) is 0 Å². The van der Waals surface area contributed by atoms with Crippen LogP contribution in [0.3, 0.4) is 0 Å². The highest BCUT2D eigenvalue weighted by Gasteiger charge is 2.08. The molecule has 28 heavy (non-hydrogen) atoms. The summed E-state index contributed by atoms with van der Waals surface area (Å²) in [5.74, 6) is 1.28. The van der Waals surface area contributed by atoms with E-state index in [0.29, 0.717) is 21.9 Å². The smallest absolute Gasteiger partial charge is 0.291 e. The number of benzene rings is 2. The summed E-state index contributed by atoms with van der Waals surface area (Å²) >= 11 is 1.32. The Hall–Kier alpha value is -3.51. The van der Waals surface area contributed by atoms with Crippen LogP contribution in [0.25, 0.3) is 23.2 Å². The highest BCUT2D eigenvalue weighted by Crippen LogP contribution is 2.13. The second kappa shape index (κ2) is 8.02. The van der Waals surface area contributed by atoms with E-state index < -0.39 is 0 Å². The highest BCUT2D eigenvalue weighted by atomic mass is 32.1. The van der Waals surface area contributed by atoms with Gasteiger partial charge in [-0.1, -0.05) is 72.5 Å². The predicted molar refractivity (Wildman–Crippen MR) is 113 cm³/mol. The lowest BCUT2D eigenvalue weighted by atomic mass is 10.2. The predicted octanol–water partition coefficient (Wildman–Crippen LogP) is 3.43. The largest absolute Gasteiger partial charge is 0.490 e. The number of aromatic nitrogens is 3. The van der Waals surface area contributed by atoms with Gasteiger partial charge in [0.15, 0.2) is 5.82 Å². The van der Waals surface area contributed by atoms with Crippen molar-refractivity contribution >= 4 is 34.5 Å². The standard InChI is InChI=1S/C22H17N3O2S/c1-2-14-27-18-11-8-17(9-12-18)15-19-21(26)25-22(28-19)23-20(24-25)13-10-16-6-4-3-5-7-16/h2-13,15H,1,14H2/b13-10+,19-15-. The van der Waals surface area contributed by atoms with Crippen LogP contribution in [-0.2, 0) is 0 Å². The summed E-state index contributed by atoms with van der Waals surface area (Å²) in [6.07, 6.45) is 7.26. The van der Waals surface area contributed by atoms with Gasteiger partial charge in [-0.2, -0.15) is 9.50 Å². The minimum absolute atomic E-state index is 0.168. The Morgan fingerprint density at radius 2 is 1.82 bits per heavy atom. The third-order valence-corrected chi connectivity index (χ3v) is 4.93. The lowest BCUT2D eigenvalue weighted by molar-refractivity contribution is 0.363. The number of hydrogen-bond acceptors (Lipinski definition) is 5. The van der Waals surface area contributed by atoms with Crippen molar-refractivity contribution < 1.29 is 4.74 Å². The van der Waals surface area contributed by atoms with Gasteiger partial charge >= 0.3 is 0 Å². The molecule has 2 aromatic carbocycles. The summed E-state index contributed by atoms with van der Waals surface area (Å²) < 4.78 is 7.41. The Kier molecular flexibility index (Phi) is 5.12. The van der Waals surface area contributed by atoms with Crippen molar-refractivity contribution in [3.05, 3.63) is 99.1 Å². The first kappa shape index (κ1) is 17.9. The molecule has 0 aliphatic heterocycles. The average Bonchev–Trinajstić information content (AvgIpc) is 3.25. The molecule has 0 amide bonds. The topological polar surface area (TPSA) is 56.5 Å². The summed E-state index contributed by atoms with van der Waals surface area (Å²) in [4.78, 5) is 17.6. The summed E-state index contributed by atoms with van der Waals surface area (Å²) in [6, 6.07) is 17.4. The van der Waals surface area contributed by atoms with Gasteiger partial charge in [-0.25, -0.2) is 0 Å². The van der Waals surface area contributed by atoms with Crippen molar-refractivity contribution in [3.8, 4) is 5.75 Å². The number of ether oxygens (including phenoxy) is 1. The molecule has 138 valence electrons. The molecule has 2 heterocycles. The Morgan fingerprint density at radius 3 is 2.54 bits per heavy atom. The second-order valence-corrected chi connectivity index (χ2v) is 7.00. The molecule has 0 N–H and O–H groups in total. The molecule has 2 aromatic heterocycles. The van der Waals surface area contributed by atoms with E-state index in [1.807, 2.05) is 66.7 Å². The van der Waals surface area contributed by atoms with Crippen LogP contribution in [0.2, 0.25) is 0 Å². The van der Waals surface area contributed by atoms with Crippen molar-refractivity contribution in [2.24, 2.45) is 0 Å². The lowest BCUT2D eigenvalue weighted by Crippen LogP contribution is -2.23. The summed E-state index contributed by atoms with van der Waals surface area (Å²) in [5.41, 5.74) is 1.80. The van der Waals surface area contributed by atoms with Crippen LogP contribution in [0.4, 0.5) is 0 Å². The monoisotopic (exact) mass is 387 g/mol. The van der Waals surface area contributed by atoms with Crippen LogP contribution < -0.4 is 14.8 Å². The zero-order valence-electron chi connectivity index (χ0n) is 15.0. The van der Waals surface area contributed by atoms with E-state index >= 15 is 0 Å². The van der Waals surface area contributed by atoms with Crippen LogP contribution in [0, 0.1) is 0 Å². The van der Waals surface area contributed by atoms with E-state index in [9.17, 15) is 4.79 Å². The molecule has 0 aliphatic rings. The van der Waals surface area contributed by atoms with Crippen LogP contribution in [0.15, 0.2) is 72.0 Å². The quantitative estimate of drug-likeness (QED) is 0.476. The Balaban J connectivity index is 1.59. The molecule has 0 radical (unpaired) electrons. The zero-order valence-corrected chi connectivity index (χ0v) is 15.8. The van der Waals surface area contributed by atoms with Gasteiger partial charge in [-0.3, -0.25) is 4.79 Å². The van der Waals surface area contributed by atoms with E-state index in [4.69, 9.17) is 4.74 Å². The second-order valence-electron chi connectivity index (χ2n) is 5.99. The van der Waals surface area contributed by atoms with Crippen molar-refractivity contribution in [3.63, 3.8) is 0 Å². The Labute approximate surface area is 165 Å². The molecule has 0 saturated carbocycles. The number of nitrogens with zero attached hydrogens (tertiary/aromatic N) is 3. The summed E-state index contributed by atoms with van der Waals surface area (Å²) in [5, 5.41) is 4.30. The SMILES string of the molecule is C=CCOc1ccc(/C=c2\sc3nc(/C=C/c4ccccc4)nn3c2=O)cc1. The normalized spacial score (nSPS) is 12.1. The van der Waals surface area contributed by atoms with E-state index in [1.165, 1.54) is 15.9 Å². The van der Waals surface area contributed by atoms with E-state index in [2.05, 4.69) is 16.7 Å². The van der Waals surface area contributed by atoms with Gasteiger partial charge in [0.2, 0.25) is 4.96 Å². The number of hydrogen-bond donors (Lipinski definition) is 0. The van der Waals surface area contributed by atoms with Gasteiger partial charge < -0.3 is 4.74 Å². The molecule has 0 unspecified atom stereocenters. The molecule has 0 atom stereocenters. The molecule has 0 saturated heterocycles. The fourth-order valence-corrected chi connectivity index (χ4v) is 3.54. The molecular formula is C22H17N3O2S. The van der Waals surface area contributed by atoms with Crippen LogP contribution >= 0.6 is 11.3 Å². The van der Waals surface area contributed by atoms with E-state index in [1.54, 1.807) is 12.2 Å². The maximum atomic E-state index is 12.6. The van der Waals surface area contributed by atoms with Gasteiger partial charge in [-0.15, -0.1) is 5.10 Å². The maximum Gasteiger partial charge on any atom is 0.291 e. The third kappa shape index (κ3) is 3.92. The highest BCUT2D eigenvalue weighted by molar-refractivity contribution is 7.15. The maximum absolute atomic E-state index is 12.6. The van der Waals surface area contributed by atoms with Crippen molar-refractivity contribution in [2.45, 2.75) is 0 Å². The summed E-state index contributed by atoms with van der Waals surface area (Å²) in [6.45, 7) is 4.09. The van der Waals surface area contributed by atoms with Gasteiger partial charge in [-0.05, 0) is 35.4 Å². The first-order valence-electron chi connectivity index (χ1n) is 8.71.